The highest BCUT2D eigenvalue weighted by atomic mass is 35.5. The van der Waals surface area contributed by atoms with Gasteiger partial charge < -0.3 is 10.6 Å². The minimum atomic E-state index is -0.0228. The Balaban J connectivity index is 0. The average molecular weight is 328 g/mol. The summed E-state index contributed by atoms with van der Waals surface area (Å²) >= 11 is 1.56. The molecular formula is C12H23Cl2N3OS. The van der Waals surface area contributed by atoms with Crippen molar-refractivity contribution in [2.24, 2.45) is 11.1 Å². The molecule has 0 aromatic carbocycles. The maximum atomic E-state index is 11.9. The summed E-state index contributed by atoms with van der Waals surface area (Å²) in [6.45, 7) is 5.41. The number of aryl methyl sites for hydroxylation is 1. The van der Waals surface area contributed by atoms with Gasteiger partial charge in [-0.1, -0.05) is 13.8 Å². The Kier molecular flexibility index (Phi) is 10.5. The second kappa shape index (κ2) is 9.53. The Morgan fingerprint density at radius 1 is 1.47 bits per heavy atom. The lowest BCUT2D eigenvalue weighted by Crippen LogP contribution is -2.39. The Hall–Kier alpha value is -0.360. The molecule has 1 rings (SSSR count). The van der Waals surface area contributed by atoms with Crippen molar-refractivity contribution in [2.45, 2.75) is 26.7 Å². The molecule has 0 unspecified atom stereocenters. The van der Waals surface area contributed by atoms with Gasteiger partial charge in [-0.3, -0.25) is 4.79 Å². The number of aromatic nitrogens is 1. The topological polar surface area (TPSA) is 59.2 Å². The maximum Gasteiger partial charge on any atom is 0.222 e. The van der Waals surface area contributed by atoms with Crippen LogP contribution in [-0.2, 0) is 11.2 Å². The highest BCUT2D eigenvalue weighted by Crippen LogP contribution is 2.15. The van der Waals surface area contributed by atoms with Crippen LogP contribution in [0.1, 0.15) is 26.0 Å². The molecule has 0 aliphatic carbocycles. The van der Waals surface area contributed by atoms with Crippen LogP contribution >= 0.6 is 36.2 Å². The van der Waals surface area contributed by atoms with Gasteiger partial charge in [0.1, 0.15) is 0 Å². The highest BCUT2D eigenvalue weighted by Gasteiger charge is 2.20. The van der Waals surface area contributed by atoms with E-state index in [0.29, 0.717) is 19.5 Å². The Bertz CT molecular complexity index is 358. The predicted molar refractivity (Wildman–Crippen MR) is 85.4 cm³/mol. The number of halogens is 2. The molecule has 0 atom stereocenters. The van der Waals surface area contributed by atoms with Crippen LogP contribution in [-0.4, -0.2) is 35.9 Å². The molecule has 2 N–H and O–H groups in total. The molecule has 0 aliphatic rings. The number of carbonyl (C=O) groups excluding carboxylic acids is 1. The van der Waals surface area contributed by atoms with Crippen molar-refractivity contribution in [1.29, 1.82) is 0 Å². The summed E-state index contributed by atoms with van der Waals surface area (Å²) in [5, 5.41) is 1.98. The van der Waals surface area contributed by atoms with E-state index in [2.05, 4.69) is 18.8 Å². The van der Waals surface area contributed by atoms with Crippen LogP contribution in [0.25, 0.3) is 0 Å². The first kappa shape index (κ1) is 20.9. The summed E-state index contributed by atoms with van der Waals surface area (Å²) in [4.78, 5) is 17.8. The zero-order chi connectivity index (χ0) is 12.9. The molecule has 0 bridgehead atoms. The van der Waals surface area contributed by atoms with Crippen LogP contribution < -0.4 is 5.73 Å². The van der Waals surface area contributed by atoms with Gasteiger partial charge in [0.05, 0.1) is 11.2 Å². The molecule has 112 valence electrons. The molecule has 1 aromatic heterocycles. The first-order valence-electron chi connectivity index (χ1n) is 5.76. The molecule has 7 heteroatoms. The van der Waals surface area contributed by atoms with Crippen LogP contribution in [0.4, 0.5) is 0 Å². The van der Waals surface area contributed by atoms with E-state index in [-0.39, 0.29) is 36.1 Å². The van der Waals surface area contributed by atoms with Crippen LogP contribution in [0.2, 0.25) is 0 Å². The van der Waals surface area contributed by atoms with Gasteiger partial charge in [-0.2, -0.15) is 0 Å². The standard InChI is InChI=1S/C12H21N3OS.2ClH/c1-12(2,7-13)8-15(3)11(16)5-4-10-6-17-9-14-10;;/h6,9H,4-5,7-8,13H2,1-3H3;2*1H. The van der Waals surface area contributed by atoms with Crippen LogP contribution in [0.15, 0.2) is 10.9 Å². The molecule has 0 fully saturated rings. The first-order valence-corrected chi connectivity index (χ1v) is 6.70. The first-order chi connectivity index (χ1) is 7.94. The van der Waals surface area contributed by atoms with Gasteiger partial charge in [0, 0.05) is 25.4 Å². The number of carbonyl (C=O) groups is 1. The van der Waals surface area contributed by atoms with E-state index in [1.165, 1.54) is 0 Å². The molecule has 4 nitrogen and oxygen atoms in total. The summed E-state index contributed by atoms with van der Waals surface area (Å²) in [6, 6.07) is 0. The summed E-state index contributed by atoms with van der Waals surface area (Å²) in [6.07, 6.45) is 1.23. The normalized spacial score (nSPS) is 10.3. The van der Waals surface area contributed by atoms with Crippen molar-refractivity contribution >= 4 is 42.1 Å². The van der Waals surface area contributed by atoms with Crippen molar-refractivity contribution < 1.29 is 4.79 Å². The number of rotatable bonds is 6. The van der Waals surface area contributed by atoms with Crippen LogP contribution in [0.3, 0.4) is 0 Å². The fourth-order valence-corrected chi connectivity index (χ4v) is 2.17. The number of amides is 1. The minimum absolute atomic E-state index is 0. The molecule has 0 spiro atoms. The lowest BCUT2D eigenvalue weighted by molar-refractivity contribution is -0.131. The van der Waals surface area contributed by atoms with E-state index in [9.17, 15) is 4.79 Å². The van der Waals surface area contributed by atoms with Crippen molar-refractivity contribution in [3.8, 4) is 0 Å². The van der Waals surface area contributed by atoms with Gasteiger partial charge >= 0.3 is 0 Å². The monoisotopic (exact) mass is 327 g/mol. The zero-order valence-corrected chi connectivity index (χ0v) is 14.0. The van der Waals surface area contributed by atoms with Crippen LogP contribution in [0, 0.1) is 5.41 Å². The Labute approximate surface area is 131 Å². The fourth-order valence-electron chi connectivity index (χ4n) is 1.58. The summed E-state index contributed by atoms with van der Waals surface area (Å²) in [7, 11) is 1.83. The van der Waals surface area contributed by atoms with Crippen LogP contribution in [0.5, 0.6) is 0 Å². The molecule has 1 heterocycles. The van der Waals surface area contributed by atoms with Crippen molar-refractivity contribution in [1.82, 2.24) is 9.88 Å². The quantitative estimate of drug-likeness (QED) is 0.872. The largest absolute Gasteiger partial charge is 0.345 e. The zero-order valence-electron chi connectivity index (χ0n) is 11.6. The van der Waals surface area contributed by atoms with Crippen molar-refractivity contribution in [2.75, 3.05) is 20.1 Å². The summed E-state index contributed by atoms with van der Waals surface area (Å²) in [5.41, 5.74) is 8.42. The molecule has 1 amide bonds. The Morgan fingerprint density at radius 2 is 2.11 bits per heavy atom. The van der Waals surface area contributed by atoms with Gasteiger partial charge in [0.2, 0.25) is 5.91 Å². The molecule has 0 saturated carbocycles. The molecule has 0 radical (unpaired) electrons. The number of nitrogens with zero attached hydrogens (tertiary/aromatic N) is 2. The van der Waals surface area contributed by atoms with E-state index in [1.54, 1.807) is 21.7 Å². The predicted octanol–water partition coefficient (Wildman–Crippen LogP) is 2.36. The van der Waals surface area contributed by atoms with E-state index >= 15 is 0 Å². The van der Waals surface area contributed by atoms with E-state index in [4.69, 9.17) is 5.73 Å². The van der Waals surface area contributed by atoms with Gasteiger partial charge in [-0.25, -0.2) is 4.98 Å². The maximum absolute atomic E-state index is 11.9. The van der Waals surface area contributed by atoms with Crippen molar-refractivity contribution in [3.63, 3.8) is 0 Å². The van der Waals surface area contributed by atoms with E-state index < -0.39 is 0 Å². The second-order valence-corrected chi connectivity index (χ2v) is 5.82. The van der Waals surface area contributed by atoms with Gasteiger partial charge in [-0.15, -0.1) is 36.2 Å². The van der Waals surface area contributed by atoms with Gasteiger partial charge in [-0.05, 0) is 18.4 Å². The molecular weight excluding hydrogens is 305 g/mol. The minimum Gasteiger partial charge on any atom is -0.345 e. The number of hydrogen-bond acceptors (Lipinski definition) is 4. The third-order valence-electron chi connectivity index (χ3n) is 2.72. The molecule has 1 aromatic rings. The third-order valence-corrected chi connectivity index (χ3v) is 3.36. The second-order valence-electron chi connectivity index (χ2n) is 5.10. The fraction of sp³-hybridized carbons (Fsp3) is 0.667. The number of hydrogen-bond donors (Lipinski definition) is 1. The molecule has 19 heavy (non-hydrogen) atoms. The number of thiazole rings is 1. The SMILES string of the molecule is CN(CC(C)(C)CN)C(=O)CCc1cscn1.Cl.Cl. The summed E-state index contributed by atoms with van der Waals surface area (Å²) < 4.78 is 0. The number of nitrogens with two attached hydrogens (primary N) is 1. The van der Waals surface area contributed by atoms with E-state index in [1.807, 2.05) is 12.4 Å². The van der Waals surface area contributed by atoms with Crippen molar-refractivity contribution in [3.05, 3.63) is 16.6 Å². The lowest BCUT2D eigenvalue weighted by Gasteiger charge is -2.29. The Morgan fingerprint density at radius 3 is 2.58 bits per heavy atom. The summed E-state index contributed by atoms with van der Waals surface area (Å²) in [5.74, 6) is 0.152. The lowest BCUT2D eigenvalue weighted by atomic mass is 9.93. The van der Waals surface area contributed by atoms with Gasteiger partial charge in [0.15, 0.2) is 0 Å². The average Bonchev–Trinajstić information content (AvgIpc) is 2.78. The molecule has 0 saturated heterocycles. The highest BCUT2D eigenvalue weighted by molar-refractivity contribution is 7.07. The van der Waals surface area contributed by atoms with E-state index in [0.717, 1.165) is 12.1 Å². The molecule has 0 aliphatic heterocycles. The smallest absolute Gasteiger partial charge is 0.222 e. The van der Waals surface area contributed by atoms with Gasteiger partial charge in [0.25, 0.3) is 0 Å². The third kappa shape index (κ3) is 7.72.